The maximum atomic E-state index is 10.0. The zero-order valence-corrected chi connectivity index (χ0v) is 7.59. The smallest absolute Gasteiger partial charge is 0.122 e. The van der Waals surface area contributed by atoms with Crippen molar-refractivity contribution in [1.29, 1.82) is 0 Å². The molecule has 0 bridgehead atoms. The Morgan fingerprint density at radius 1 is 1.46 bits per heavy atom. The maximum Gasteiger partial charge on any atom is 0.122 e. The standard InChI is InChI=1S/C8H16O5/c1-2-13-7(5-10)8(12)6(11)3-4-9/h4,6-8,10-12H,2-3,5H2,1H3. The predicted molar refractivity (Wildman–Crippen MR) is 45.2 cm³/mol. The quantitative estimate of drug-likeness (QED) is 0.436. The fourth-order valence-electron chi connectivity index (χ4n) is 0.959. The van der Waals surface area contributed by atoms with Crippen LogP contribution in [0.15, 0.2) is 0 Å². The second-order valence-electron chi connectivity index (χ2n) is 2.64. The van der Waals surface area contributed by atoms with Crippen LogP contribution in [0.4, 0.5) is 0 Å². The lowest BCUT2D eigenvalue weighted by Crippen LogP contribution is -2.41. The SMILES string of the molecule is CCOC(CO)C(O)C(O)CC=O. The second kappa shape index (κ2) is 6.97. The van der Waals surface area contributed by atoms with Crippen LogP contribution in [-0.2, 0) is 9.53 Å². The van der Waals surface area contributed by atoms with Gasteiger partial charge in [-0.3, -0.25) is 0 Å². The van der Waals surface area contributed by atoms with Gasteiger partial charge in [-0.15, -0.1) is 0 Å². The summed E-state index contributed by atoms with van der Waals surface area (Å²) in [7, 11) is 0. The molecule has 0 spiro atoms. The van der Waals surface area contributed by atoms with Crippen molar-refractivity contribution >= 4 is 6.29 Å². The molecule has 0 aromatic heterocycles. The first kappa shape index (κ1) is 12.5. The zero-order valence-electron chi connectivity index (χ0n) is 7.59. The molecule has 3 unspecified atom stereocenters. The summed E-state index contributed by atoms with van der Waals surface area (Å²) in [5, 5.41) is 27.3. The number of rotatable bonds is 7. The molecule has 78 valence electrons. The van der Waals surface area contributed by atoms with Crippen molar-refractivity contribution in [3.8, 4) is 0 Å². The number of carbonyl (C=O) groups excluding carboxylic acids is 1. The van der Waals surface area contributed by atoms with E-state index in [0.29, 0.717) is 12.9 Å². The first-order valence-electron chi connectivity index (χ1n) is 4.19. The molecular formula is C8H16O5. The van der Waals surface area contributed by atoms with Crippen molar-refractivity contribution in [2.75, 3.05) is 13.2 Å². The molecular weight excluding hydrogens is 176 g/mol. The van der Waals surface area contributed by atoms with Gasteiger partial charge in [-0.2, -0.15) is 0 Å². The minimum atomic E-state index is -1.23. The highest BCUT2D eigenvalue weighted by Crippen LogP contribution is 2.06. The van der Waals surface area contributed by atoms with E-state index in [4.69, 9.17) is 9.84 Å². The van der Waals surface area contributed by atoms with Gasteiger partial charge in [-0.05, 0) is 6.92 Å². The fourth-order valence-corrected chi connectivity index (χ4v) is 0.959. The predicted octanol–water partition coefficient (Wildman–Crippen LogP) is -1.31. The highest BCUT2D eigenvalue weighted by Gasteiger charge is 2.25. The third-order valence-corrected chi connectivity index (χ3v) is 1.67. The van der Waals surface area contributed by atoms with Crippen LogP contribution >= 0.6 is 0 Å². The van der Waals surface area contributed by atoms with Crippen LogP contribution in [0.5, 0.6) is 0 Å². The molecule has 3 atom stereocenters. The summed E-state index contributed by atoms with van der Waals surface area (Å²) in [6, 6.07) is 0. The van der Waals surface area contributed by atoms with Gasteiger partial charge in [-0.1, -0.05) is 0 Å². The molecule has 13 heavy (non-hydrogen) atoms. The van der Waals surface area contributed by atoms with Crippen LogP contribution in [0.2, 0.25) is 0 Å². The van der Waals surface area contributed by atoms with E-state index in [-0.39, 0.29) is 13.0 Å². The van der Waals surface area contributed by atoms with Gasteiger partial charge < -0.3 is 24.9 Å². The van der Waals surface area contributed by atoms with Crippen LogP contribution < -0.4 is 0 Å². The van der Waals surface area contributed by atoms with Crippen molar-refractivity contribution < 1.29 is 24.9 Å². The molecule has 0 aromatic carbocycles. The van der Waals surface area contributed by atoms with Gasteiger partial charge in [0.2, 0.25) is 0 Å². The number of hydrogen-bond donors (Lipinski definition) is 3. The normalized spacial score (nSPS) is 17.8. The summed E-state index contributed by atoms with van der Waals surface area (Å²) in [6.07, 6.45) is -2.89. The number of ether oxygens (including phenoxy) is 1. The number of aliphatic hydroxyl groups is 3. The van der Waals surface area contributed by atoms with Crippen LogP contribution in [0.1, 0.15) is 13.3 Å². The van der Waals surface area contributed by atoms with Gasteiger partial charge in [0.1, 0.15) is 18.5 Å². The summed E-state index contributed by atoms with van der Waals surface area (Å²) in [4.78, 5) is 10.0. The third-order valence-electron chi connectivity index (χ3n) is 1.67. The van der Waals surface area contributed by atoms with Crippen molar-refractivity contribution in [2.45, 2.75) is 31.7 Å². The van der Waals surface area contributed by atoms with E-state index in [2.05, 4.69) is 0 Å². The van der Waals surface area contributed by atoms with Crippen LogP contribution in [0, 0.1) is 0 Å². The Morgan fingerprint density at radius 3 is 2.46 bits per heavy atom. The van der Waals surface area contributed by atoms with E-state index in [1.54, 1.807) is 6.92 Å². The number of hydrogen-bond acceptors (Lipinski definition) is 5. The number of aliphatic hydroxyl groups excluding tert-OH is 3. The maximum absolute atomic E-state index is 10.0. The highest BCUT2D eigenvalue weighted by molar-refractivity contribution is 5.50. The summed E-state index contributed by atoms with van der Waals surface area (Å²) in [6.45, 7) is 1.66. The summed E-state index contributed by atoms with van der Waals surface area (Å²) in [5.74, 6) is 0. The molecule has 5 nitrogen and oxygen atoms in total. The Bertz CT molecular complexity index is 138. The van der Waals surface area contributed by atoms with Gasteiger partial charge in [0.15, 0.2) is 0 Å². The van der Waals surface area contributed by atoms with E-state index < -0.39 is 18.3 Å². The Kier molecular flexibility index (Phi) is 6.70. The van der Waals surface area contributed by atoms with Gasteiger partial charge in [0.25, 0.3) is 0 Å². The highest BCUT2D eigenvalue weighted by atomic mass is 16.5. The number of carbonyl (C=O) groups is 1. The van der Waals surface area contributed by atoms with Crippen LogP contribution in [0.3, 0.4) is 0 Å². The fraction of sp³-hybridized carbons (Fsp3) is 0.875. The number of aldehydes is 1. The average Bonchev–Trinajstić information content (AvgIpc) is 2.13. The summed E-state index contributed by atoms with van der Waals surface area (Å²) < 4.78 is 4.94. The molecule has 0 saturated carbocycles. The zero-order chi connectivity index (χ0) is 10.3. The Hall–Kier alpha value is -0.490. The van der Waals surface area contributed by atoms with Crippen molar-refractivity contribution in [1.82, 2.24) is 0 Å². The van der Waals surface area contributed by atoms with Crippen LogP contribution in [-0.4, -0.2) is 53.1 Å². The molecule has 5 heteroatoms. The van der Waals surface area contributed by atoms with Crippen molar-refractivity contribution in [3.63, 3.8) is 0 Å². The minimum absolute atomic E-state index is 0.162. The lowest BCUT2D eigenvalue weighted by molar-refractivity contribution is -0.121. The van der Waals surface area contributed by atoms with Gasteiger partial charge in [0.05, 0.1) is 12.7 Å². The van der Waals surface area contributed by atoms with Gasteiger partial charge >= 0.3 is 0 Å². The molecule has 0 heterocycles. The average molecular weight is 192 g/mol. The third kappa shape index (κ3) is 4.33. The minimum Gasteiger partial charge on any atom is -0.394 e. The Morgan fingerprint density at radius 2 is 2.08 bits per heavy atom. The Labute approximate surface area is 77.0 Å². The van der Waals surface area contributed by atoms with Gasteiger partial charge in [0, 0.05) is 13.0 Å². The van der Waals surface area contributed by atoms with E-state index >= 15 is 0 Å². The summed E-state index contributed by atoms with van der Waals surface area (Å²) >= 11 is 0. The molecule has 0 radical (unpaired) electrons. The second-order valence-corrected chi connectivity index (χ2v) is 2.64. The van der Waals surface area contributed by atoms with Crippen LogP contribution in [0.25, 0.3) is 0 Å². The molecule has 3 N–H and O–H groups in total. The van der Waals surface area contributed by atoms with Gasteiger partial charge in [-0.25, -0.2) is 0 Å². The summed E-state index contributed by atoms with van der Waals surface area (Å²) in [5.41, 5.74) is 0. The first-order chi connectivity index (χ1) is 6.17. The first-order valence-corrected chi connectivity index (χ1v) is 4.19. The molecule has 0 aromatic rings. The molecule has 0 saturated heterocycles. The van der Waals surface area contributed by atoms with E-state index in [0.717, 1.165) is 0 Å². The van der Waals surface area contributed by atoms with Crippen molar-refractivity contribution in [2.24, 2.45) is 0 Å². The molecule has 0 aliphatic heterocycles. The lowest BCUT2D eigenvalue weighted by atomic mass is 10.1. The lowest BCUT2D eigenvalue weighted by Gasteiger charge is -2.23. The molecule has 0 fully saturated rings. The van der Waals surface area contributed by atoms with Crippen molar-refractivity contribution in [3.05, 3.63) is 0 Å². The molecule has 0 aliphatic rings. The molecule has 0 amide bonds. The van der Waals surface area contributed by atoms with E-state index in [9.17, 15) is 15.0 Å². The Balaban J connectivity index is 4.00. The van der Waals surface area contributed by atoms with E-state index in [1.807, 2.05) is 0 Å². The van der Waals surface area contributed by atoms with E-state index in [1.165, 1.54) is 0 Å². The topological polar surface area (TPSA) is 87.0 Å². The largest absolute Gasteiger partial charge is 0.394 e. The molecule has 0 rings (SSSR count). The monoisotopic (exact) mass is 192 g/mol. The molecule has 0 aliphatic carbocycles.